The van der Waals surface area contributed by atoms with Crippen LogP contribution in [0.2, 0.25) is 10.0 Å². The summed E-state index contributed by atoms with van der Waals surface area (Å²) < 4.78 is 51.8. The lowest BCUT2D eigenvalue weighted by Crippen LogP contribution is -2.50. The first kappa shape index (κ1) is 27.4. The fraction of sp³-hybridized carbons (Fsp3) is 0.462. The van der Waals surface area contributed by atoms with E-state index in [1.54, 1.807) is 32.0 Å². The van der Waals surface area contributed by atoms with Gasteiger partial charge >= 0.3 is 18.4 Å². The fourth-order valence-corrected chi connectivity index (χ4v) is 5.42. The maximum atomic E-state index is 13.7. The molecule has 1 heterocycles. The summed E-state index contributed by atoms with van der Waals surface area (Å²) in [6.45, 7) is 3.40. The number of hydrogen-bond donors (Lipinski definition) is 0. The average molecular weight is 559 g/mol. The van der Waals surface area contributed by atoms with Crippen molar-refractivity contribution in [3.05, 3.63) is 63.1 Å². The van der Waals surface area contributed by atoms with Gasteiger partial charge in [0, 0.05) is 22.6 Å². The number of anilines is 1. The number of methoxy groups -OCH3 is 1. The Balaban J connectivity index is 1.85. The Labute approximate surface area is 223 Å². The highest BCUT2D eigenvalue weighted by Crippen LogP contribution is 2.50. The number of hydrogen-bond acceptors (Lipinski definition) is 4. The molecular formula is C26H27Cl2F3N2O4. The predicted molar refractivity (Wildman–Crippen MR) is 134 cm³/mol. The molecule has 0 N–H and O–H groups in total. The van der Waals surface area contributed by atoms with Gasteiger partial charge in [0.05, 0.1) is 30.5 Å². The highest BCUT2D eigenvalue weighted by Gasteiger charge is 2.47. The number of fused-ring (bicyclic) bond motifs is 1. The van der Waals surface area contributed by atoms with Crippen molar-refractivity contribution in [1.82, 2.24) is 4.90 Å². The van der Waals surface area contributed by atoms with Crippen molar-refractivity contribution in [2.24, 2.45) is 5.92 Å². The minimum Gasteiger partial charge on any atom is -0.453 e. The molecule has 200 valence electrons. The normalized spacial score (nSPS) is 19.4. The molecule has 1 saturated carbocycles. The number of alkyl halides is 3. The number of benzene rings is 2. The van der Waals surface area contributed by atoms with Crippen molar-refractivity contribution in [1.29, 1.82) is 0 Å². The van der Waals surface area contributed by atoms with Gasteiger partial charge in [-0.3, -0.25) is 9.80 Å². The van der Waals surface area contributed by atoms with Gasteiger partial charge in [0.1, 0.15) is 0 Å². The molecule has 6 nitrogen and oxygen atoms in total. The third-order valence-electron chi connectivity index (χ3n) is 6.53. The van der Waals surface area contributed by atoms with E-state index in [1.165, 1.54) is 23.0 Å². The van der Waals surface area contributed by atoms with E-state index in [0.717, 1.165) is 25.0 Å². The summed E-state index contributed by atoms with van der Waals surface area (Å²) in [6.07, 6.45) is -4.44. The highest BCUT2D eigenvalue weighted by atomic mass is 35.5. The molecule has 2 aromatic rings. The lowest BCUT2D eigenvalue weighted by atomic mass is 9.86. The zero-order valence-corrected chi connectivity index (χ0v) is 22.0. The Morgan fingerprint density at radius 2 is 1.76 bits per heavy atom. The number of ether oxygens (including phenoxy) is 2. The van der Waals surface area contributed by atoms with E-state index in [2.05, 4.69) is 0 Å². The zero-order chi connectivity index (χ0) is 27.1. The van der Waals surface area contributed by atoms with Crippen molar-refractivity contribution >= 4 is 41.1 Å². The molecule has 2 amide bonds. The second-order valence-electron chi connectivity index (χ2n) is 9.61. The summed E-state index contributed by atoms with van der Waals surface area (Å²) >= 11 is 12.3. The van der Waals surface area contributed by atoms with E-state index in [1.807, 2.05) is 0 Å². The second kappa shape index (κ2) is 10.6. The Hall–Kier alpha value is -2.65. The second-order valence-corrected chi connectivity index (χ2v) is 10.5. The van der Waals surface area contributed by atoms with E-state index >= 15 is 0 Å². The predicted octanol–water partition coefficient (Wildman–Crippen LogP) is 7.86. The lowest BCUT2D eigenvalue weighted by Gasteiger charge is -2.44. The fourth-order valence-electron chi connectivity index (χ4n) is 4.85. The van der Waals surface area contributed by atoms with E-state index in [9.17, 15) is 22.8 Å². The standard InChI is InChI=1S/C26H27Cl2F3N2O4/c1-14(2)37-25(35)33-21-7-6-17(26(29,30)31)10-20(21)23(12-22(33)16-4-5-16)32(24(34)36-3)13-15-8-18(27)11-19(28)9-15/h6-11,14,16,22-23H,4-5,12-13H2,1-3H3. The van der Waals surface area contributed by atoms with Gasteiger partial charge in [0.2, 0.25) is 0 Å². The van der Waals surface area contributed by atoms with Gasteiger partial charge in [0.15, 0.2) is 0 Å². The van der Waals surface area contributed by atoms with Crippen molar-refractivity contribution in [3.8, 4) is 0 Å². The monoisotopic (exact) mass is 558 g/mol. The SMILES string of the molecule is COC(=O)N(Cc1cc(Cl)cc(Cl)c1)C1CC(C2CC2)N(C(=O)OC(C)C)c2ccc(C(F)(F)F)cc21. The van der Waals surface area contributed by atoms with Crippen LogP contribution in [0.15, 0.2) is 36.4 Å². The van der Waals surface area contributed by atoms with E-state index in [4.69, 9.17) is 32.7 Å². The van der Waals surface area contributed by atoms with E-state index in [0.29, 0.717) is 15.6 Å². The van der Waals surface area contributed by atoms with E-state index < -0.39 is 36.1 Å². The molecule has 0 spiro atoms. The smallest absolute Gasteiger partial charge is 0.416 e. The lowest BCUT2D eigenvalue weighted by molar-refractivity contribution is -0.137. The molecule has 0 aromatic heterocycles. The molecule has 11 heteroatoms. The van der Waals surface area contributed by atoms with Gasteiger partial charge < -0.3 is 9.47 Å². The Kier molecular flexibility index (Phi) is 7.85. The van der Waals surface area contributed by atoms with Crippen LogP contribution in [-0.2, 0) is 22.2 Å². The Morgan fingerprint density at radius 1 is 1.11 bits per heavy atom. The first-order valence-electron chi connectivity index (χ1n) is 11.9. The minimum absolute atomic E-state index is 0.0128. The summed E-state index contributed by atoms with van der Waals surface area (Å²) in [5, 5.41) is 0.711. The number of nitrogens with zero attached hydrogens (tertiary/aromatic N) is 2. The molecule has 2 aromatic carbocycles. The number of carbonyl (C=O) groups excluding carboxylic acids is 2. The minimum atomic E-state index is -4.62. The summed E-state index contributed by atoms with van der Waals surface area (Å²) in [4.78, 5) is 29.0. The third-order valence-corrected chi connectivity index (χ3v) is 6.97. The van der Waals surface area contributed by atoms with Crippen LogP contribution in [0.4, 0.5) is 28.4 Å². The molecule has 2 unspecified atom stereocenters. The number of rotatable bonds is 5. The zero-order valence-electron chi connectivity index (χ0n) is 20.5. The van der Waals surface area contributed by atoms with Crippen LogP contribution in [0.25, 0.3) is 0 Å². The van der Waals surface area contributed by atoms with Gasteiger partial charge in [-0.15, -0.1) is 0 Å². The molecular weight excluding hydrogens is 532 g/mol. The van der Waals surface area contributed by atoms with Crippen molar-refractivity contribution < 1.29 is 32.2 Å². The van der Waals surface area contributed by atoms with Crippen molar-refractivity contribution in [2.75, 3.05) is 12.0 Å². The average Bonchev–Trinajstić information content (AvgIpc) is 3.64. The number of carbonyl (C=O) groups is 2. The molecule has 2 aliphatic rings. The maximum absolute atomic E-state index is 13.7. The van der Waals surface area contributed by atoms with Crippen LogP contribution in [0, 0.1) is 5.92 Å². The molecule has 0 radical (unpaired) electrons. The Bertz CT molecular complexity index is 1170. The largest absolute Gasteiger partial charge is 0.453 e. The van der Waals surface area contributed by atoms with Crippen molar-refractivity contribution in [3.63, 3.8) is 0 Å². The first-order valence-corrected chi connectivity index (χ1v) is 12.6. The van der Waals surface area contributed by atoms with Crippen LogP contribution in [0.1, 0.15) is 55.8 Å². The van der Waals surface area contributed by atoms with Crippen molar-refractivity contribution in [2.45, 2.75) is 64.0 Å². The quantitative estimate of drug-likeness (QED) is 0.374. The number of amides is 2. The topological polar surface area (TPSA) is 59.1 Å². The molecule has 1 fully saturated rings. The van der Waals surface area contributed by atoms with Crippen LogP contribution in [0.3, 0.4) is 0 Å². The molecule has 0 saturated heterocycles. The summed E-state index contributed by atoms with van der Waals surface area (Å²) in [5.41, 5.74) is 0.172. The van der Waals surface area contributed by atoms with Gasteiger partial charge in [0.25, 0.3) is 0 Å². The maximum Gasteiger partial charge on any atom is 0.416 e. The molecule has 0 bridgehead atoms. The summed E-state index contributed by atoms with van der Waals surface area (Å²) in [6, 6.07) is 6.86. The van der Waals surface area contributed by atoms with Crippen LogP contribution in [0.5, 0.6) is 0 Å². The Morgan fingerprint density at radius 3 is 2.30 bits per heavy atom. The van der Waals surface area contributed by atoms with Crippen LogP contribution >= 0.6 is 23.2 Å². The van der Waals surface area contributed by atoms with Crippen LogP contribution in [-0.4, -0.2) is 36.3 Å². The summed E-state index contributed by atoms with van der Waals surface area (Å²) in [7, 11) is 1.21. The molecule has 1 aliphatic heterocycles. The third kappa shape index (κ3) is 6.09. The van der Waals surface area contributed by atoms with E-state index in [-0.39, 0.29) is 36.2 Å². The molecule has 2 atom stereocenters. The van der Waals surface area contributed by atoms with Gasteiger partial charge in [-0.25, -0.2) is 9.59 Å². The molecule has 4 rings (SSSR count). The first-order chi connectivity index (χ1) is 17.4. The van der Waals surface area contributed by atoms with Gasteiger partial charge in [-0.1, -0.05) is 23.2 Å². The summed E-state index contributed by atoms with van der Waals surface area (Å²) in [5.74, 6) is 0.137. The number of halogens is 5. The van der Waals surface area contributed by atoms with Crippen LogP contribution < -0.4 is 4.90 Å². The highest BCUT2D eigenvalue weighted by molar-refractivity contribution is 6.34. The molecule has 37 heavy (non-hydrogen) atoms. The van der Waals surface area contributed by atoms with Gasteiger partial charge in [-0.2, -0.15) is 13.2 Å². The molecule has 1 aliphatic carbocycles. The van der Waals surface area contributed by atoms with Gasteiger partial charge in [-0.05, 0) is 86.6 Å².